The Kier molecular flexibility index (Phi) is 5.67. The van der Waals surface area contributed by atoms with Gasteiger partial charge in [0.2, 0.25) is 0 Å². The summed E-state index contributed by atoms with van der Waals surface area (Å²) in [4.78, 5) is 17.4. The molecule has 0 N–H and O–H groups in total. The number of carbonyl (C=O) groups excluding carboxylic acids is 1. The fourth-order valence-electron chi connectivity index (χ4n) is 4.22. The third-order valence-corrected chi connectivity index (χ3v) is 5.74. The number of nitrogens with zero attached hydrogens (tertiary/aromatic N) is 3. The van der Waals surface area contributed by atoms with Crippen molar-refractivity contribution in [2.75, 3.05) is 26.2 Å². The lowest BCUT2D eigenvalue weighted by Gasteiger charge is -2.22. The molecular formula is C22H29N3O3. The fraction of sp³-hybridized carbons (Fsp3) is 0.545. The zero-order chi connectivity index (χ0) is 19.5. The standard InChI is InChI=1S/C22H29N3O3/c1-16-21(17(2)28-23-16)22(26)25-11-12-27-20-8-7-18(13-19(20)15-25)14-24-9-5-3-4-6-10-24/h7-8,13H,3-6,9-12,14-15H2,1-2H3. The van der Waals surface area contributed by atoms with E-state index < -0.39 is 0 Å². The summed E-state index contributed by atoms with van der Waals surface area (Å²) in [6.45, 7) is 8.50. The summed E-state index contributed by atoms with van der Waals surface area (Å²) >= 11 is 0. The van der Waals surface area contributed by atoms with E-state index in [1.165, 1.54) is 44.3 Å². The van der Waals surface area contributed by atoms with Gasteiger partial charge in [-0.25, -0.2) is 0 Å². The first kappa shape index (κ1) is 19.0. The van der Waals surface area contributed by atoms with Gasteiger partial charge in [0.25, 0.3) is 5.91 Å². The Morgan fingerprint density at radius 1 is 1.11 bits per heavy atom. The molecule has 6 heteroatoms. The minimum absolute atomic E-state index is 0.0365. The lowest BCUT2D eigenvalue weighted by molar-refractivity contribution is 0.0731. The topological polar surface area (TPSA) is 58.8 Å². The van der Waals surface area contributed by atoms with Gasteiger partial charge in [-0.3, -0.25) is 9.69 Å². The van der Waals surface area contributed by atoms with Crippen LogP contribution in [0.15, 0.2) is 22.7 Å². The number of hydrogen-bond donors (Lipinski definition) is 0. The van der Waals surface area contributed by atoms with Crippen LogP contribution in [0.4, 0.5) is 0 Å². The van der Waals surface area contributed by atoms with Crippen molar-refractivity contribution in [1.82, 2.24) is 15.0 Å². The highest BCUT2D eigenvalue weighted by atomic mass is 16.5. The highest BCUT2D eigenvalue weighted by Crippen LogP contribution is 2.27. The van der Waals surface area contributed by atoms with Crippen LogP contribution < -0.4 is 4.74 Å². The molecule has 28 heavy (non-hydrogen) atoms. The van der Waals surface area contributed by atoms with E-state index in [0.717, 1.165) is 17.9 Å². The van der Waals surface area contributed by atoms with E-state index in [0.29, 0.717) is 36.7 Å². The Morgan fingerprint density at radius 3 is 2.61 bits per heavy atom. The van der Waals surface area contributed by atoms with E-state index in [1.807, 2.05) is 11.8 Å². The van der Waals surface area contributed by atoms with Crippen LogP contribution in [0.2, 0.25) is 0 Å². The molecule has 150 valence electrons. The summed E-state index contributed by atoms with van der Waals surface area (Å²) < 4.78 is 11.1. The lowest BCUT2D eigenvalue weighted by atomic mass is 10.1. The second kappa shape index (κ2) is 8.35. The van der Waals surface area contributed by atoms with E-state index in [1.54, 1.807) is 6.92 Å². The molecule has 1 fully saturated rings. The third kappa shape index (κ3) is 4.07. The zero-order valence-electron chi connectivity index (χ0n) is 16.9. The van der Waals surface area contributed by atoms with Gasteiger partial charge in [0, 0.05) is 18.7 Å². The maximum Gasteiger partial charge on any atom is 0.259 e. The monoisotopic (exact) mass is 383 g/mol. The molecule has 0 unspecified atom stereocenters. The number of benzene rings is 1. The molecule has 0 radical (unpaired) electrons. The van der Waals surface area contributed by atoms with Crippen molar-refractivity contribution in [3.8, 4) is 5.75 Å². The van der Waals surface area contributed by atoms with Gasteiger partial charge in [-0.15, -0.1) is 0 Å². The second-order valence-electron chi connectivity index (χ2n) is 7.91. The number of aromatic nitrogens is 1. The van der Waals surface area contributed by atoms with Gasteiger partial charge in [-0.2, -0.15) is 0 Å². The normalized spacial score (nSPS) is 18.1. The zero-order valence-corrected chi connectivity index (χ0v) is 16.9. The predicted molar refractivity (Wildman–Crippen MR) is 106 cm³/mol. The molecule has 2 aromatic rings. The number of rotatable bonds is 3. The number of hydrogen-bond acceptors (Lipinski definition) is 5. The molecule has 0 aliphatic carbocycles. The first-order chi connectivity index (χ1) is 13.6. The third-order valence-electron chi connectivity index (χ3n) is 5.74. The molecule has 3 heterocycles. The van der Waals surface area contributed by atoms with Crippen molar-refractivity contribution in [1.29, 1.82) is 0 Å². The Morgan fingerprint density at radius 2 is 1.89 bits per heavy atom. The van der Waals surface area contributed by atoms with E-state index >= 15 is 0 Å². The molecule has 0 bridgehead atoms. The largest absolute Gasteiger partial charge is 0.491 e. The van der Waals surface area contributed by atoms with Gasteiger partial charge in [0.15, 0.2) is 0 Å². The Balaban J connectivity index is 1.52. The Bertz CT molecular complexity index is 818. The average Bonchev–Trinajstić information content (AvgIpc) is 2.90. The van der Waals surface area contributed by atoms with Crippen LogP contribution in [0.3, 0.4) is 0 Å². The van der Waals surface area contributed by atoms with Gasteiger partial charge in [0.1, 0.15) is 23.7 Å². The minimum atomic E-state index is -0.0365. The summed E-state index contributed by atoms with van der Waals surface area (Å²) in [7, 11) is 0. The number of aryl methyl sites for hydroxylation is 2. The fourth-order valence-corrected chi connectivity index (χ4v) is 4.22. The minimum Gasteiger partial charge on any atom is -0.491 e. The van der Waals surface area contributed by atoms with Crippen LogP contribution >= 0.6 is 0 Å². The number of amides is 1. The Labute approximate surface area is 166 Å². The van der Waals surface area contributed by atoms with Crippen molar-refractivity contribution < 1.29 is 14.1 Å². The van der Waals surface area contributed by atoms with Gasteiger partial charge in [-0.05, 0) is 57.5 Å². The van der Waals surface area contributed by atoms with Gasteiger partial charge in [-0.1, -0.05) is 24.1 Å². The molecule has 0 spiro atoms. The summed E-state index contributed by atoms with van der Waals surface area (Å²) in [5.74, 6) is 1.42. The number of likely N-dealkylation sites (tertiary alicyclic amines) is 1. The molecule has 1 aromatic heterocycles. The van der Waals surface area contributed by atoms with Crippen LogP contribution in [-0.2, 0) is 13.1 Å². The van der Waals surface area contributed by atoms with Crippen molar-refractivity contribution in [2.24, 2.45) is 0 Å². The molecule has 2 aliphatic heterocycles. The molecule has 1 aromatic carbocycles. The van der Waals surface area contributed by atoms with Crippen LogP contribution in [0.1, 0.15) is 58.6 Å². The second-order valence-corrected chi connectivity index (χ2v) is 7.91. The highest BCUT2D eigenvalue weighted by Gasteiger charge is 2.26. The van der Waals surface area contributed by atoms with Crippen LogP contribution in [0.5, 0.6) is 5.75 Å². The predicted octanol–water partition coefficient (Wildman–Crippen LogP) is 3.70. The molecule has 1 amide bonds. The first-order valence-corrected chi connectivity index (χ1v) is 10.3. The molecule has 0 atom stereocenters. The highest BCUT2D eigenvalue weighted by molar-refractivity contribution is 5.96. The summed E-state index contributed by atoms with van der Waals surface area (Å²) in [6, 6.07) is 6.43. The molecule has 0 saturated carbocycles. The maximum absolute atomic E-state index is 13.1. The Hall–Kier alpha value is -2.34. The summed E-state index contributed by atoms with van der Waals surface area (Å²) in [5.41, 5.74) is 3.58. The van der Waals surface area contributed by atoms with Crippen LogP contribution in [0.25, 0.3) is 0 Å². The average molecular weight is 383 g/mol. The quantitative estimate of drug-likeness (QED) is 0.809. The van der Waals surface area contributed by atoms with E-state index in [2.05, 4.69) is 28.3 Å². The molecular weight excluding hydrogens is 354 g/mol. The summed E-state index contributed by atoms with van der Waals surface area (Å²) in [5, 5.41) is 3.93. The van der Waals surface area contributed by atoms with E-state index in [-0.39, 0.29) is 5.91 Å². The van der Waals surface area contributed by atoms with Crippen molar-refractivity contribution >= 4 is 5.91 Å². The van der Waals surface area contributed by atoms with Gasteiger partial charge in [0.05, 0.1) is 12.2 Å². The lowest BCUT2D eigenvalue weighted by Crippen LogP contribution is -2.33. The van der Waals surface area contributed by atoms with E-state index in [9.17, 15) is 4.79 Å². The van der Waals surface area contributed by atoms with Gasteiger partial charge < -0.3 is 14.2 Å². The first-order valence-electron chi connectivity index (χ1n) is 10.3. The smallest absolute Gasteiger partial charge is 0.259 e. The molecule has 4 rings (SSSR count). The SMILES string of the molecule is Cc1noc(C)c1C(=O)N1CCOc2ccc(CN3CCCCCC3)cc2C1. The van der Waals surface area contributed by atoms with Crippen LogP contribution in [0, 0.1) is 13.8 Å². The van der Waals surface area contributed by atoms with Crippen LogP contribution in [-0.4, -0.2) is 47.1 Å². The number of fused-ring (bicyclic) bond motifs is 1. The molecule has 6 nitrogen and oxygen atoms in total. The molecule has 1 saturated heterocycles. The number of carbonyl (C=O) groups is 1. The maximum atomic E-state index is 13.1. The van der Waals surface area contributed by atoms with Crippen molar-refractivity contribution in [3.63, 3.8) is 0 Å². The van der Waals surface area contributed by atoms with Gasteiger partial charge >= 0.3 is 0 Å². The van der Waals surface area contributed by atoms with E-state index in [4.69, 9.17) is 9.26 Å². The number of ether oxygens (including phenoxy) is 1. The van der Waals surface area contributed by atoms with Crippen molar-refractivity contribution in [2.45, 2.75) is 52.6 Å². The molecule has 2 aliphatic rings. The summed E-state index contributed by atoms with van der Waals surface area (Å²) in [6.07, 6.45) is 5.25. The van der Waals surface area contributed by atoms with Crippen molar-refractivity contribution in [3.05, 3.63) is 46.3 Å².